The molecule has 1 aliphatic rings. The van der Waals surface area contributed by atoms with Crippen LogP contribution in [0.1, 0.15) is 32.3 Å². The highest BCUT2D eigenvalue weighted by molar-refractivity contribution is 7.84. The van der Waals surface area contributed by atoms with Crippen LogP contribution in [0.3, 0.4) is 0 Å². The molecule has 104 valence electrons. The Bertz CT molecular complexity index is 581. The van der Waals surface area contributed by atoms with Gasteiger partial charge in [0.2, 0.25) is 0 Å². The van der Waals surface area contributed by atoms with E-state index >= 15 is 0 Å². The summed E-state index contributed by atoms with van der Waals surface area (Å²) in [5.74, 6) is 0. The van der Waals surface area contributed by atoms with Gasteiger partial charge in [0.25, 0.3) is 0 Å². The summed E-state index contributed by atoms with van der Waals surface area (Å²) in [4.78, 5) is 1.05. The molecule has 0 saturated heterocycles. The van der Waals surface area contributed by atoms with Crippen molar-refractivity contribution in [3.8, 4) is 0 Å². The molecule has 0 nitrogen and oxygen atoms in total. The van der Waals surface area contributed by atoms with Gasteiger partial charge in [-0.3, -0.25) is 0 Å². The van der Waals surface area contributed by atoms with Gasteiger partial charge in [0.05, 0.1) is 0 Å². The quantitative estimate of drug-likeness (QED) is 0.535. The van der Waals surface area contributed by atoms with Gasteiger partial charge in [-0.25, -0.2) is 0 Å². The topological polar surface area (TPSA) is 0 Å². The van der Waals surface area contributed by atoms with E-state index in [0.717, 1.165) is 29.7 Å². The Morgan fingerprint density at radius 2 is 1.80 bits per heavy atom. The lowest BCUT2D eigenvalue weighted by Crippen LogP contribution is -2.00. The number of thiol groups is 1. The molecule has 20 heavy (non-hydrogen) atoms. The normalized spacial score (nSPS) is 16.1. The van der Waals surface area contributed by atoms with Gasteiger partial charge in [-0.15, -0.1) is 12.6 Å². The molecule has 2 rings (SSSR count). The maximum Gasteiger partial charge on any atom is -0.00639 e. The van der Waals surface area contributed by atoms with E-state index in [0.29, 0.717) is 0 Å². The van der Waals surface area contributed by atoms with Crippen molar-refractivity contribution >= 4 is 12.6 Å². The van der Waals surface area contributed by atoms with Crippen molar-refractivity contribution in [1.82, 2.24) is 0 Å². The van der Waals surface area contributed by atoms with E-state index in [-0.39, 0.29) is 0 Å². The third kappa shape index (κ3) is 3.77. The summed E-state index contributed by atoms with van der Waals surface area (Å²) < 4.78 is 0. The number of hydrogen-bond acceptors (Lipinski definition) is 1. The second kappa shape index (κ2) is 6.81. The SMILES string of the molecule is C=C(C1=CC=C(Cc2ccccc2)CC1)/C(C)=C(/C)S. The Morgan fingerprint density at radius 3 is 2.35 bits per heavy atom. The second-order valence-electron chi connectivity index (χ2n) is 5.37. The summed E-state index contributed by atoms with van der Waals surface area (Å²) in [5, 5.41) is 0. The smallest absolute Gasteiger partial charge is 0.00639 e. The molecule has 0 amide bonds. The van der Waals surface area contributed by atoms with E-state index in [1.165, 1.54) is 22.3 Å². The number of benzene rings is 1. The molecule has 1 aliphatic carbocycles. The first-order valence-electron chi connectivity index (χ1n) is 7.06. The minimum absolute atomic E-state index is 1.05. The summed E-state index contributed by atoms with van der Waals surface area (Å²) in [5.41, 5.74) is 6.55. The van der Waals surface area contributed by atoms with Gasteiger partial charge in [-0.2, -0.15) is 0 Å². The van der Waals surface area contributed by atoms with Gasteiger partial charge < -0.3 is 0 Å². The Labute approximate surface area is 128 Å². The molecule has 1 aromatic carbocycles. The van der Waals surface area contributed by atoms with E-state index in [1.54, 1.807) is 0 Å². The monoisotopic (exact) mass is 282 g/mol. The molecule has 0 aromatic heterocycles. The van der Waals surface area contributed by atoms with Gasteiger partial charge in [0.15, 0.2) is 0 Å². The highest BCUT2D eigenvalue weighted by Crippen LogP contribution is 2.30. The number of hydrogen-bond donors (Lipinski definition) is 1. The van der Waals surface area contributed by atoms with Crippen LogP contribution in [0.4, 0.5) is 0 Å². The Kier molecular flexibility index (Phi) is 5.08. The molecule has 0 unspecified atom stereocenters. The zero-order valence-corrected chi connectivity index (χ0v) is 13.2. The standard InChI is InChI=1S/C19H22S/c1-14(16(3)20)15(2)19-11-9-18(10-12-19)13-17-7-5-4-6-8-17/h4-9,11,20H,2,10,12-13H2,1,3H3/b16-14-. The first-order valence-corrected chi connectivity index (χ1v) is 7.51. The van der Waals surface area contributed by atoms with E-state index in [4.69, 9.17) is 0 Å². The van der Waals surface area contributed by atoms with Crippen LogP contribution < -0.4 is 0 Å². The van der Waals surface area contributed by atoms with Gasteiger partial charge in [0.1, 0.15) is 0 Å². The molecule has 0 atom stereocenters. The van der Waals surface area contributed by atoms with Crippen LogP contribution in [-0.2, 0) is 6.42 Å². The van der Waals surface area contributed by atoms with Gasteiger partial charge in [-0.05, 0) is 60.3 Å². The third-order valence-corrected chi connectivity index (χ3v) is 4.23. The van der Waals surface area contributed by atoms with Crippen molar-refractivity contribution < 1.29 is 0 Å². The zero-order chi connectivity index (χ0) is 14.5. The fourth-order valence-electron chi connectivity index (χ4n) is 2.40. The van der Waals surface area contributed by atoms with E-state index in [1.807, 2.05) is 6.92 Å². The first kappa shape index (κ1) is 14.9. The minimum Gasteiger partial charge on any atom is -0.148 e. The highest BCUT2D eigenvalue weighted by Gasteiger charge is 2.11. The van der Waals surface area contributed by atoms with Gasteiger partial charge in [-0.1, -0.05) is 54.6 Å². The Morgan fingerprint density at radius 1 is 1.10 bits per heavy atom. The molecule has 0 fully saturated rings. The van der Waals surface area contributed by atoms with E-state index in [2.05, 4.69) is 68.6 Å². The molecule has 0 radical (unpaired) electrons. The lowest BCUT2D eigenvalue weighted by Gasteiger charge is -2.18. The maximum atomic E-state index is 4.41. The van der Waals surface area contributed by atoms with Crippen molar-refractivity contribution in [1.29, 1.82) is 0 Å². The van der Waals surface area contributed by atoms with Crippen LogP contribution in [0.25, 0.3) is 0 Å². The minimum atomic E-state index is 1.05. The van der Waals surface area contributed by atoms with Crippen molar-refractivity contribution in [2.75, 3.05) is 0 Å². The highest BCUT2D eigenvalue weighted by atomic mass is 32.1. The van der Waals surface area contributed by atoms with Crippen LogP contribution in [0.15, 0.2) is 76.3 Å². The predicted octanol–water partition coefficient (Wildman–Crippen LogP) is 5.66. The molecular weight excluding hydrogens is 260 g/mol. The van der Waals surface area contributed by atoms with E-state index in [9.17, 15) is 0 Å². The summed E-state index contributed by atoms with van der Waals surface area (Å²) >= 11 is 4.41. The van der Waals surface area contributed by atoms with Crippen LogP contribution >= 0.6 is 12.6 Å². The number of rotatable bonds is 4. The molecule has 0 spiro atoms. The lowest BCUT2D eigenvalue weighted by atomic mass is 9.88. The van der Waals surface area contributed by atoms with Crippen LogP contribution in [0.5, 0.6) is 0 Å². The van der Waals surface area contributed by atoms with Crippen molar-refractivity contribution in [2.24, 2.45) is 0 Å². The average Bonchev–Trinajstić information content (AvgIpc) is 2.47. The van der Waals surface area contributed by atoms with Crippen molar-refractivity contribution in [3.05, 3.63) is 81.8 Å². The summed E-state index contributed by atoms with van der Waals surface area (Å²) in [6.07, 6.45) is 7.74. The second-order valence-corrected chi connectivity index (χ2v) is 6.04. The lowest BCUT2D eigenvalue weighted by molar-refractivity contribution is 0.877. The molecule has 0 aliphatic heterocycles. The van der Waals surface area contributed by atoms with E-state index < -0.39 is 0 Å². The van der Waals surface area contributed by atoms with Crippen molar-refractivity contribution in [2.45, 2.75) is 33.1 Å². The maximum absolute atomic E-state index is 4.41. The summed E-state index contributed by atoms with van der Waals surface area (Å²) in [6, 6.07) is 10.7. The fraction of sp³-hybridized carbons (Fsp3) is 0.263. The Balaban J connectivity index is 2.09. The van der Waals surface area contributed by atoms with Gasteiger partial charge >= 0.3 is 0 Å². The molecule has 1 heteroatoms. The molecule has 1 aromatic rings. The van der Waals surface area contributed by atoms with Gasteiger partial charge in [0, 0.05) is 0 Å². The van der Waals surface area contributed by atoms with Crippen LogP contribution in [0, 0.1) is 0 Å². The Hall–Kier alpha value is -1.47. The summed E-state index contributed by atoms with van der Waals surface area (Å²) in [6.45, 7) is 8.31. The molecular formula is C19H22S. The van der Waals surface area contributed by atoms with Crippen molar-refractivity contribution in [3.63, 3.8) is 0 Å². The van der Waals surface area contributed by atoms with Crippen LogP contribution in [-0.4, -0.2) is 0 Å². The predicted molar refractivity (Wildman–Crippen MR) is 92.0 cm³/mol. The molecule has 0 bridgehead atoms. The largest absolute Gasteiger partial charge is 0.148 e. The van der Waals surface area contributed by atoms with Crippen LogP contribution in [0.2, 0.25) is 0 Å². The average molecular weight is 282 g/mol. The molecule has 0 N–H and O–H groups in total. The molecule has 0 saturated carbocycles. The number of allylic oxidation sites excluding steroid dienone is 7. The fourth-order valence-corrected chi connectivity index (χ4v) is 2.53. The first-order chi connectivity index (χ1) is 9.58. The summed E-state index contributed by atoms with van der Waals surface area (Å²) in [7, 11) is 0. The third-order valence-electron chi connectivity index (χ3n) is 3.89. The molecule has 0 heterocycles. The zero-order valence-electron chi connectivity index (χ0n) is 12.3.